The lowest BCUT2D eigenvalue weighted by atomic mass is 9.79. The third kappa shape index (κ3) is 3.27. The third-order valence-electron chi connectivity index (χ3n) is 4.94. The van der Waals surface area contributed by atoms with Gasteiger partial charge >= 0.3 is 5.97 Å². The molecule has 2 N–H and O–H groups in total. The van der Waals surface area contributed by atoms with Crippen LogP contribution in [0.2, 0.25) is 5.02 Å². The van der Waals surface area contributed by atoms with E-state index in [2.05, 4.69) is 5.32 Å². The Bertz CT molecular complexity index is 604. The number of hydrogen-bond acceptors (Lipinski definition) is 3. The Kier molecular flexibility index (Phi) is 4.82. The molecule has 132 valence electrons. The summed E-state index contributed by atoms with van der Waals surface area (Å²) in [5.74, 6) is -4.86. The van der Waals surface area contributed by atoms with Crippen LogP contribution < -0.4 is 5.32 Å². The van der Waals surface area contributed by atoms with Crippen LogP contribution in [0.3, 0.4) is 0 Å². The normalized spacial score (nSPS) is 28.6. The summed E-state index contributed by atoms with van der Waals surface area (Å²) in [6.45, 7) is 1.24. The molecule has 7 heteroatoms. The average molecular weight is 360 g/mol. The van der Waals surface area contributed by atoms with Crippen molar-refractivity contribution in [2.24, 2.45) is 5.92 Å². The molecule has 4 nitrogen and oxygen atoms in total. The van der Waals surface area contributed by atoms with E-state index >= 15 is 0 Å². The molecule has 1 aliphatic carbocycles. The molecule has 1 aliphatic heterocycles. The highest BCUT2D eigenvalue weighted by atomic mass is 35.5. The second-order valence-electron chi connectivity index (χ2n) is 6.58. The lowest BCUT2D eigenvalue weighted by molar-refractivity contribution is -0.188. The van der Waals surface area contributed by atoms with Gasteiger partial charge in [0.2, 0.25) is 5.92 Å². The van der Waals surface area contributed by atoms with Gasteiger partial charge in [-0.1, -0.05) is 23.7 Å². The van der Waals surface area contributed by atoms with Crippen molar-refractivity contribution in [1.29, 1.82) is 0 Å². The van der Waals surface area contributed by atoms with Crippen molar-refractivity contribution in [2.75, 3.05) is 13.1 Å². The molecule has 0 aromatic heterocycles. The van der Waals surface area contributed by atoms with Gasteiger partial charge in [0.25, 0.3) is 0 Å². The number of ether oxygens (including phenoxy) is 1. The molecule has 2 aliphatic rings. The number of rotatable bonds is 5. The van der Waals surface area contributed by atoms with Crippen LogP contribution in [0.15, 0.2) is 24.3 Å². The van der Waals surface area contributed by atoms with Crippen molar-refractivity contribution in [3.05, 3.63) is 34.9 Å². The number of aliphatic carboxylic acids is 1. The van der Waals surface area contributed by atoms with Gasteiger partial charge in [0, 0.05) is 30.3 Å². The fraction of sp³-hybridized carbons (Fsp3) is 0.588. The van der Waals surface area contributed by atoms with Crippen molar-refractivity contribution in [2.45, 2.75) is 43.3 Å². The maximum Gasteiger partial charge on any atom is 0.340 e. The van der Waals surface area contributed by atoms with Crippen LogP contribution in [-0.4, -0.2) is 36.2 Å². The van der Waals surface area contributed by atoms with Gasteiger partial charge in [0.1, 0.15) is 0 Å². The lowest BCUT2D eigenvalue weighted by Gasteiger charge is -2.37. The van der Waals surface area contributed by atoms with Gasteiger partial charge in [-0.15, -0.1) is 0 Å². The van der Waals surface area contributed by atoms with E-state index in [1.165, 1.54) is 0 Å². The monoisotopic (exact) mass is 359 g/mol. The van der Waals surface area contributed by atoms with E-state index in [1.54, 1.807) is 24.3 Å². The molecule has 1 heterocycles. The van der Waals surface area contributed by atoms with Crippen LogP contribution >= 0.6 is 11.6 Å². The maximum absolute atomic E-state index is 13.8. The summed E-state index contributed by atoms with van der Waals surface area (Å²) in [6, 6.07) is 6.26. The zero-order valence-corrected chi connectivity index (χ0v) is 13.9. The Labute approximate surface area is 144 Å². The molecule has 0 amide bonds. The highest BCUT2D eigenvalue weighted by Crippen LogP contribution is 2.50. The van der Waals surface area contributed by atoms with Crippen molar-refractivity contribution < 1.29 is 23.4 Å². The summed E-state index contributed by atoms with van der Waals surface area (Å²) in [6.07, 6.45) is -0.339. The number of carboxylic acids is 1. The third-order valence-corrected chi connectivity index (χ3v) is 5.19. The average Bonchev–Trinajstić information content (AvgIpc) is 3.15. The van der Waals surface area contributed by atoms with E-state index in [0.29, 0.717) is 23.6 Å². The summed E-state index contributed by atoms with van der Waals surface area (Å²) in [5.41, 5.74) is -1.41. The molecular weight excluding hydrogens is 340 g/mol. The highest BCUT2D eigenvalue weighted by molar-refractivity contribution is 6.30. The van der Waals surface area contributed by atoms with Gasteiger partial charge in [-0.05, 0) is 37.1 Å². The molecule has 0 unspecified atom stereocenters. The molecule has 1 aromatic carbocycles. The quantitative estimate of drug-likeness (QED) is 0.845. The summed E-state index contributed by atoms with van der Waals surface area (Å²) in [4.78, 5) is 12.3. The first kappa shape index (κ1) is 17.6. The Morgan fingerprint density at radius 2 is 2.04 bits per heavy atom. The Morgan fingerprint density at radius 1 is 1.33 bits per heavy atom. The van der Waals surface area contributed by atoms with E-state index in [0.717, 1.165) is 6.54 Å². The van der Waals surface area contributed by atoms with Gasteiger partial charge < -0.3 is 15.2 Å². The van der Waals surface area contributed by atoms with Crippen LogP contribution in [0.25, 0.3) is 0 Å². The minimum absolute atomic E-state index is 0.113. The number of halogens is 3. The predicted molar refractivity (Wildman–Crippen MR) is 85.4 cm³/mol. The molecule has 2 fully saturated rings. The van der Waals surface area contributed by atoms with Crippen molar-refractivity contribution in [3.8, 4) is 0 Å². The van der Waals surface area contributed by atoms with E-state index in [1.807, 2.05) is 0 Å². The molecule has 0 radical (unpaired) electrons. The second-order valence-corrected chi connectivity index (χ2v) is 7.01. The minimum Gasteiger partial charge on any atom is -0.479 e. The first-order valence-corrected chi connectivity index (χ1v) is 8.47. The zero-order valence-electron chi connectivity index (χ0n) is 13.1. The molecular formula is C17H20ClF2NO3. The standard InChI is InChI=1S/C17H20ClF2NO3/c18-13-3-1-11(2-4-13)17(15(22)23,24-14-6-8-21-10-14)12-5-7-16(19,20)9-12/h1-4,12,14,21H,5-10H2,(H,22,23)/t12-,14+,17+/m1/s1. The Morgan fingerprint density at radius 3 is 2.54 bits per heavy atom. The topological polar surface area (TPSA) is 58.6 Å². The smallest absolute Gasteiger partial charge is 0.340 e. The molecule has 24 heavy (non-hydrogen) atoms. The molecule has 1 saturated heterocycles. The SMILES string of the molecule is O=C(O)[C@](O[C@H]1CCNC1)(c1ccc(Cl)cc1)[C@@H]1CCC(F)(F)C1. The summed E-state index contributed by atoms with van der Waals surface area (Å²) >= 11 is 5.90. The number of alkyl halides is 2. The van der Waals surface area contributed by atoms with Gasteiger partial charge in [-0.3, -0.25) is 0 Å². The lowest BCUT2D eigenvalue weighted by Crippen LogP contribution is -2.48. The first-order chi connectivity index (χ1) is 11.3. The van der Waals surface area contributed by atoms with Crippen LogP contribution in [0.4, 0.5) is 8.78 Å². The fourth-order valence-corrected chi connectivity index (χ4v) is 3.86. The Hall–Kier alpha value is -1.24. The van der Waals surface area contributed by atoms with E-state index in [9.17, 15) is 18.7 Å². The van der Waals surface area contributed by atoms with Crippen molar-refractivity contribution in [1.82, 2.24) is 5.32 Å². The predicted octanol–water partition coefficient (Wildman–Crippen LogP) is 3.43. The van der Waals surface area contributed by atoms with Crippen LogP contribution in [0, 0.1) is 5.92 Å². The summed E-state index contributed by atoms with van der Waals surface area (Å²) < 4.78 is 33.6. The van der Waals surface area contributed by atoms with E-state index in [-0.39, 0.29) is 18.9 Å². The van der Waals surface area contributed by atoms with Gasteiger partial charge in [-0.2, -0.15) is 0 Å². The number of hydrogen-bond donors (Lipinski definition) is 2. The van der Waals surface area contributed by atoms with Crippen LogP contribution in [0.5, 0.6) is 0 Å². The van der Waals surface area contributed by atoms with Crippen LogP contribution in [0.1, 0.15) is 31.2 Å². The number of carboxylic acid groups (broad SMARTS) is 1. The minimum atomic E-state index is -2.85. The first-order valence-electron chi connectivity index (χ1n) is 8.09. The fourth-order valence-electron chi connectivity index (χ4n) is 3.73. The van der Waals surface area contributed by atoms with Crippen molar-refractivity contribution in [3.63, 3.8) is 0 Å². The molecule has 1 saturated carbocycles. The molecule has 0 spiro atoms. The van der Waals surface area contributed by atoms with E-state index in [4.69, 9.17) is 16.3 Å². The molecule has 3 atom stereocenters. The molecule has 1 aromatic rings. The van der Waals surface area contributed by atoms with E-state index < -0.39 is 29.8 Å². The molecule has 3 rings (SSSR count). The second kappa shape index (κ2) is 6.58. The zero-order chi connectivity index (χ0) is 17.4. The van der Waals surface area contributed by atoms with Gasteiger partial charge in [0.15, 0.2) is 5.60 Å². The highest BCUT2D eigenvalue weighted by Gasteiger charge is 2.56. The largest absolute Gasteiger partial charge is 0.479 e. The summed E-state index contributed by atoms with van der Waals surface area (Å²) in [7, 11) is 0. The number of benzene rings is 1. The number of nitrogens with one attached hydrogen (secondary N) is 1. The van der Waals surface area contributed by atoms with Crippen LogP contribution in [-0.2, 0) is 15.1 Å². The maximum atomic E-state index is 13.8. The summed E-state index contributed by atoms with van der Waals surface area (Å²) in [5, 5.41) is 13.6. The van der Waals surface area contributed by atoms with Crippen molar-refractivity contribution >= 4 is 17.6 Å². The van der Waals surface area contributed by atoms with Gasteiger partial charge in [0.05, 0.1) is 6.10 Å². The Balaban J connectivity index is 2.02. The molecule has 0 bridgehead atoms. The van der Waals surface area contributed by atoms with Gasteiger partial charge in [-0.25, -0.2) is 13.6 Å². The number of carbonyl (C=O) groups is 1.